The molecule has 2 heterocycles. The van der Waals surface area contributed by atoms with E-state index in [0.29, 0.717) is 36.7 Å². The van der Waals surface area contributed by atoms with Gasteiger partial charge in [-0.25, -0.2) is 9.78 Å². The fraction of sp³-hybridized carbons (Fsp3) is 0.185. The molecular weight excluding hydrogens is 418 g/mol. The summed E-state index contributed by atoms with van der Waals surface area (Å²) in [6.45, 7) is 0.665. The molecule has 6 nitrogen and oxygen atoms in total. The van der Waals surface area contributed by atoms with Gasteiger partial charge in [-0.3, -0.25) is 0 Å². The molecule has 1 aromatic heterocycles. The molecule has 1 aliphatic heterocycles. The molecule has 3 aromatic carbocycles. The number of ether oxygens (including phenoxy) is 2. The summed E-state index contributed by atoms with van der Waals surface area (Å²) in [4.78, 5) is 15.9. The lowest BCUT2D eigenvalue weighted by Crippen LogP contribution is -2.27. The predicted octanol–water partition coefficient (Wildman–Crippen LogP) is 4.80. The normalized spacial score (nSPS) is 17.2. The van der Waals surface area contributed by atoms with Crippen LogP contribution in [0.15, 0.2) is 78.9 Å². The summed E-state index contributed by atoms with van der Waals surface area (Å²) < 4.78 is 11.8. The van der Waals surface area contributed by atoms with Crippen LogP contribution in [-0.2, 0) is 13.0 Å². The van der Waals surface area contributed by atoms with E-state index < -0.39 is 12.1 Å². The van der Waals surface area contributed by atoms with Gasteiger partial charge in [-0.15, -0.1) is 0 Å². The molecule has 166 valence electrons. The summed E-state index contributed by atoms with van der Waals surface area (Å²) in [5.74, 6) is 0.0957. The topological polar surface area (TPSA) is 88.9 Å². The highest BCUT2D eigenvalue weighted by Gasteiger charge is 2.30. The highest BCUT2D eigenvalue weighted by atomic mass is 16.5. The van der Waals surface area contributed by atoms with Crippen molar-refractivity contribution >= 4 is 16.9 Å². The molecule has 4 aromatic rings. The zero-order chi connectivity index (χ0) is 22.8. The zero-order valence-corrected chi connectivity index (χ0v) is 17.8. The molecule has 0 bridgehead atoms. The van der Waals surface area contributed by atoms with Gasteiger partial charge >= 0.3 is 5.97 Å². The van der Waals surface area contributed by atoms with Gasteiger partial charge in [0.05, 0.1) is 29.5 Å². The monoisotopic (exact) mass is 441 g/mol. The van der Waals surface area contributed by atoms with Gasteiger partial charge in [0, 0.05) is 16.9 Å². The Morgan fingerprint density at radius 3 is 2.79 bits per heavy atom. The van der Waals surface area contributed by atoms with Crippen molar-refractivity contribution in [2.24, 2.45) is 5.92 Å². The molecule has 0 radical (unpaired) electrons. The van der Waals surface area contributed by atoms with Crippen LogP contribution in [0.2, 0.25) is 0 Å². The minimum atomic E-state index is -0.967. The van der Waals surface area contributed by atoms with Crippen molar-refractivity contribution in [2.45, 2.75) is 19.1 Å². The van der Waals surface area contributed by atoms with Crippen LogP contribution in [0.25, 0.3) is 10.9 Å². The third-order valence-electron chi connectivity index (χ3n) is 5.91. The summed E-state index contributed by atoms with van der Waals surface area (Å²) in [5, 5.41) is 21.3. The molecular formula is C27H23NO5. The van der Waals surface area contributed by atoms with Crippen molar-refractivity contribution in [3.63, 3.8) is 0 Å². The lowest BCUT2D eigenvalue weighted by atomic mass is 9.88. The Bertz CT molecular complexity index is 1320. The summed E-state index contributed by atoms with van der Waals surface area (Å²) in [6.07, 6.45) is -0.238. The first-order chi connectivity index (χ1) is 16.1. The van der Waals surface area contributed by atoms with Crippen LogP contribution < -0.4 is 9.47 Å². The molecule has 0 unspecified atom stereocenters. The summed E-state index contributed by atoms with van der Waals surface area (Å²) in [6, 6.07) is 24.1. The second-order valence-corrected chi connectivity index (χ2v) is 8.21. The Morgan fingerprint density at radius 1 is 1.03 bits per heavy atom. The number of aromatic carboxylic acids is 1. The average Bonchev–Trinajstić information content (AvgIpc) is 2.84. The Balaban J connectivity index is 1.30. The van der Waals surface area contributed by atoms with E-state index in [1.54, 1.807) is 24.3 Å². The summed E-state index contributed by atoms with van der Waals surface area (Å²) in [7, 11) is 0. The van der Waals surface area contributed by atoms with Crippen LogP contribution in [0.4, 0.5) is 0 Å². The maximum Gasteiger partial charge on any atom is 0.335 e. The molecule has 33 heavy (non-hydrogen) atoms. The molecule has 0 fully saturated rings. The number of hydrogen-bond donors (Lipinski definition) is 2. The molecule has 2 atom stereocenters. The number of hydrogen-bond acceptors (Lipinski definition) is 5. The number of fused-ring (bicyclic) bond motifs is 2. The first-order valence-electron chi connectivity index (χ1n) is 10.8. The molecule has 0 amide bonds. The SMILES string of the molecule is O=C(O)c1cccc(C[C@H]2COc3ccc(OCc4ccc5ccccc5n4)cc3[C@H]2O)c1. The minimum absolute atomic E-state index is 0.195. The van der Waals surface area contributed by atoms with Gasteiger partial charge in [-0.1, -0.05) is 36.4 Å². The van der Waals surface area contributed by atoms with Crippen LogP contribution >= 0.6 is 0 Å². The second-order valence-electron chi connectivity index (χ2n) is 8.21. The van der Waals surface area contributed by atoms with Crippen LogP contribution in [0.3, 0.4) is 0 Å². The van der Waals surface area contributed by atoms with Gasteiger partial charge in [-0.05, 0) is 54.4 Å². The minimum Gasteiger partial charge on any atom is -0.493 e. The first-order valence-corrected chi connectivity index (χ1v) is 10.8. The molecule has 1 aliphatic rings. The fourth-order valence-electron chi connectivity index (χ4n) is 4.17. The predicted molar refractivity (Wildman–Crippen MR) is 124 cm³/mol. The van der Waals surface area contributed by atoms with E-state index in [4.69, 9.17) is 9.47 Å². The molecule has 0 spiro atoms. The standard InChI is InChI=1S/C27H23NO5/c29-26-20(13-17-4-3-6-19(12-17)27(30)31)15-33-25-11-10-22(14-23(25)26)32-16-21-9-8-18-5-1-2-7-24(18)28-21/h1-12,14,20,26,29H,13,15-16H2,(H,30,31)/t20-,26-/m0/s1. The lowest BCUT2D eigenvalue weighted by Gasteiger charge is -2.30. The van der Waals surface area contributed by atoms with E-state index in [1.807, 2.05) is 54.6 Å². The van der Waals surface area contributed by atoms with Crippen molar-refractivity contribution in [3.8, 4) is 11.5 Å². The van der Waals surface area contributed by atoms with Crippen LogP contribution in [0, 0.1) is 5.92 Å². The maximum absolute atomic E-state index is 11.2. The molecule has 0 aliphatic carbocycles. The van der Waals surface area contributed by atoms with E-state index in [0.717, 1.165) is 22.2 Å². The Kier molecular flexibility index (Phi) is 5.67. The van der Waals surface area contributed by atoms with Crippen LogP contribution in [0.1, 0.15) is 33.3 Å². The number of aromatic nitrogens is 1. The molecule has 2 N–H and O–H groups in total. The van der Waals surface area contributed by atoms with E-state index in [2.05, 4.69) is 4.98 Å². The molecule has 0 saturated carbocycles. The number of para-hydroxylation sites is 1. The zero-order valence-electron chi connectivity index (χ0n) is 17.8. The Labute approximate surface area is 191 Å². The number of carboxylic acids is 1. The number of carboxylic acid groups (broad SMARTS) is 1. The molecule has 6 heteroatoms. The number of carbonyl (C=O) groups is 1. The van der Waals surface area contributed by atoms with Crippen molar-refractivity contribution in [1.29, 1.82) is 0 Å². The number of aliphatic hydroxyl groups excluding tert-OH is 1. The Hall–Kier alpha value is -3.90. The van der Waals surface area contributed by atoms with Gasteiger partial charge in [0.1, 0.15) is 18.1 Å². The average molecular weight is 441 g/mol. The summed E-state index contributed by atoms with van der Waals surface area (Å²) in [5.41, 5.74) is 3.49. The molecule has 0 saturated heterocycles. The van der Waals surface area contributed by atoms with Gasteiger partial charge in [0.25, 0.3) is 0 Å². The number of nitrogens with zero attached hydrogens (tertiary/aromatic N) is 1. The van der Waals surface area contributed by atoms with E-state index in [1.165, 1.54) is 0 Å². The van der Waals surface area contributed by atoms with Crippen LogP contribution in [-0.4, -0.2) is 27.8 Å². The summed E-state index contributed by atoms with van der Waals surface area (Å²) >= 11 is 0. The van der Waals surface area contributed by atoms with Crippen LogP contribution in [0.5, 0.6) is 11.5 Å². The van der Waals surface area contributed by atoms with E-state index in [9.17, 15) is 15.0 Å². The first kappa shape index (κ1) is 21.0. The highest BCUT2D eigenvalue weighted by Crippen LogP contribution is 2.39. The third-order valence-corrected chi connectivity index (χ3v) is 5.91. The van der Waals surface area contributed by atoms with Gasteiger partial charge in [0.2, 0.25) is 0 Å². The number of benzene rings is 3. The fourth-order valence-corrected chi connectivity index (χ4v) is 4.17. The maximum atomic E-state index is 11.2. The van der Waals surface area contributed by atoms with E-state index >= 15 is 0 Å². The van der Waals surface area contributed by atoms with Gasteiger partial charge < -0.3 is 19.7 Å². The number of pyridine rings is 1. The molecule has 5 rings (SSSR count). The smallest absolute Gasteiger partial charge is 0.335 e. The van der Waals surface area contributed by atoms with Gasteiger partial charge in [0.15, 0.2) is 0 Å². The highest BCUT2D eigenvalue weighted by molar-refractivity contribution is 5.87. The van der Waals surface area contributed by atoms with Crippen molar-refractivity contribution in [3.05, 3.63) is 101 Å². The second kappa shape index (κ2) is 8.92. The quantitative estimate of drug-likeness (QED) is 0.447. The Morgan fingerprint density at radius 2 is 1.91 bits per heavy atom. The number of rotatable bonds is 6. The van der Waals surface area contributed by atoms with Crippen molar-refractivity contribution < 1.29 is 24.5 Å². The van der Waals surface area contributed by atoms with E-state index in [-0.39, 0.29) is 11.5 Å². The van der Waals surface area contributed by atoms with Crippen molar-refractivity contribution in [1.82, 2.24) is 4.98 Å². The van der Waals surface area contributed by atoms with Crippen molar-refractivity contribution in [2.75, 3.05) is 6.61 Å². The largest absolute Gasteiger partial charge is 0.493 e. The third kappa shape index (κ3) is 4.52. The lowest BCUT2D eigenvalue weighted by molar-refractivity contribution is 0.0504. The van der Waals surface area contributed by atoms with Gasteiger partial charge in [-0.2, -0.15) is 0 Å². The number of aliphatic hydroxyl groups is 1.